The molecule has 2 rings (SSSR count). The van der Waals surface area contributed by atoms with Crippen molar-refractivity contribution >= 4 is 29.2 Å². The molecule has 130 valence electrons. The molecule has 1 aromatic carbocycles. The lowest BCUT2D eigenvalue weighted by atomic mass is 10.2. The van der Waals surface area contributed by atoms with E-state index in [1.54, 1.807) is 52.7 Å². The van der Waals surface area contributed by atoms with Gasteiger partial charge in [-0.05, 0) is 35.2 Å². The minimum atomic E-state index is -0.525. The van der Waals surface area contributed by atoms with Crippen LogP contribution in [-0.2, 0) is 16.1 Å². The third-order valence-corrected chi connectivity index (χ3v) is 4.13. The van der Waals surface area contributed by atoms with Crippen LogP contribution >= 0.6 is 11.3 Å². The molecule has 0 aliphatic carbocycles. The maximum absolute atomic E-state index is 12.4. The Balaban J connectivity index is 1.96. The number of carbonyl (C=O) groups excluding carboxylic acids is 2. The first-order chi connectivity index (χ1) is 12.1. The molecule has 1 aromatic heterocycles. The Kier molecular flexibility index (Phi) is 6.98. The van der Waals surface area contributed by atoms with Crippen molar-refractivity contribution in [2.45, 2.75) is 6.54 Å². The van der Waals surface area contributed by atoms with Crippen LogP contribution in [0.1, 0.15) is 10.4 Å². The molecule has 0 bridgehead atoms. The molecular weight excluding hydrogens is 336 g/mol. The molecule has 5 nitrogen and oxygen atoms in total. The standard InChI is InChI=1S/C19H20N2O3S/c1-2-11-21(13-17-4-3-12-25-17)19(23)10-7-15-5-8-16(9-6-15)24-14-18(20)22/h2-10,12H,1,11,13-14H2,(H2,20,22)/b10-7+. The fourth-order valence-electron chi connectivity index (χ4n) is 2.08. The predicted molar refractivity (Wildman–Crippen MR) is 100 cm³/mol. The van der Waals surface area contributed by atoms with E-state index in [0.717, 1.165) is 10.4 Å². The molecule has 0 spiro atoms. The molecule has 0 saturated heterocycles. The van der Waals surface area contributed by atoms with E-state index < -0.39 is 5.91 Å². The van der Waals surface area contributed by atoms with Crippen molar-refractivity contribution in [1.29, 1.82) is 0 Å². The lowest BCUT2D eigenvalue weighted by molar-refractivity contribution is -0.126. The molecule has 0 aliphatic rings. The smallest absolute Gasteiger partial charge is 0.255 e. The monoisotopic (exact) mass is 356 g/mol. The molecule has 0 fully saturated rings. The normalized spacial score (nSPS) is 10.6. The summed E-state index contributed by atoms with van der Waals surface area (Å²) in [4.78, 5) is 25.9. The van der Waals surface area contributed by atoms with Crippen molar-refractivity contribution in [2.75, 3.05) is 13.2 Å². The Morgan fingerprint density at radius 2 is 2.00 bits per heavy atom. The van der Waals surface area contributed by atoms with Gasteiger partial charge in [-0.2, -0.15) is 0 Å². The second-order valence-electron chi connectivity index (χ2n) is 5.24. The summed E-state index contributed by atoms with van der Waals surface area (Å²) in [6.07, 6.45) is 4.99. The first kappa shape index (κ1) is 18.5. The Labute approximate surface area is 151 Å². The third kappa shape index (κ3) is 6.27. The van der Waals surface area contributed by atoms with E-state index in [-0.39, 0.29) is 12.5 Å². The average molecular weight is 356 g/mol. The van der Waals surface area contributed by atoms with Gasteiger partial charge in [0.2, 0.25) is 5.91 Å². The van der Waals surface area contributed by atoms with Gasteiger partial charge in [0.25, 0.3) is 5.91 Å². The quantitative estimate of drug-likeness (QED) is 0.555. The summed E-state index contributed by atoms with van der Waals surface area (Å²) in [6, 6.07) is 11.0. The lowest BCUT2D eigenvalue weighted by Crippen LogP contribution is -2.28. The van der Waals surface area contributed by atoms with Crippen LogP contribution in [-0.4, -0.2) is 29.9 Å². The van der Waals surface area contributed by atoms with Crippen LogP contribution in [0.3, 0.4) is 0 Å². The van der Waals surface area contributed by atoms with Gasteiger partial charge >= 0.3 is 0 Å². The van der Waals surface area contributed by atoms with E-state index in [2.05, 4.69) is 6.58 Å². The molecule has 6 heteroatoms. The molecular formula is C19H20N2O3S. The molecule has 2 N–H and O–H groups in total. The highest BCUT2D eigenvalue weighted by Crippen LogP contribution is 2.15. The summed E-state index contributed by atoms with van der Waals surface area (Å²) in [5.41, 5.74) is 5.88. The van der Waals surface area contributed by atoms with E-state index in [0.29, 0.717) is 18.8 Å². The fraction of sp³-hybridized carbons (Fsp3) is 0.158. The third-order valence-electron chi connectivity index (χ3n) is 3.27. The van der Waals surface area contributed by atoms with Gasteiger partial charge in [0, 0.05) is 17.5 Å². The number of nitrogens with two attached hydrogens (primary N) is 1. The number of rotatable bonds is 9. The maximum atomic E-state index is 12.4. The number of amides is 2. The van der Waals surface area contributed by atoms with E-state index in [1.165, 1.54) is 6.08 Å². The topological polar surface area (TPSA) is 72.6 Å². The van der Waals surface area contributed by atoms with E-state index in [4.69, 9.17) is 10.5 Å². The van der Waals surface area contributed by atoms with Crippen molar-refractivity contribution in [2.24, 2.45) is 5.73 Å². The minimum absolute atomic E-state index is 0.0812. The minimum Gasteiger partial charge on any atom is -0.484 e. The first-order valence-electron chi connectivity index (χ1n) is 7.70. The summed E-state index contributed by atoms with van der Waals surface area (Å²) >= 11 is 1.62. The van der Waals surface area contributed by atoms with E-state index in [1.807, 2.05) is 17.5 Å². The van der Waals surface area contributed by atoms with Crippen LogP contribution in [0, 0.1) is 0 Å². The highest BCUT2D eigenvalue weighted by atomic mass is 32.1. The van der Waals surface area contributed by atoms with Crippen molar-refractivity contribution in [3.05, 3.63) is 70.9 Å². The predicted octanol–water partition coefficient (Wildman–Crippen LogP) is 2.84. The van der Waals surface area contributed by atoms with Crippen LogP contribution in [0.5, 0.6) is 5.75 Å². The van der Waals surface area contributed by atoms with Gasteiger partial charge < -0.3 is 15.4 Å². The second-order valence-corrected chi connectivity index (χ2v) is 6.28. The molecule has 2 aromatic rings. The average Bonchev–Trinajstić information content (AvgIpc) is 3.11. The van der Waals surface area contributed by atoms with Gasteiger partial charge in [-0.25, -0.2) is 0 Å². The summed E-state index contributed by atoms with van der Waals surface area (Å²) < 4.78 is 5.19. The van der Waals surface area contributed by atoms with Gasteiger partial charge in [-0.1, -0.05) is 24.3 Å². The Morgan fingerprint density at radius 3 is 2.60 bits per heavy atom. The summed E-state index contributed by atoms with van der Waals surface area (Å²) in [6.45, 7) is 4.60. The summed E-state index contributed by atoms with van der Waals surface area (Å²) in [5, 5.41) is 1.99. The van der Waals surface area contributed by atoms with E-state index in [9.17, 15) is 9.59 Å². The summed E-state index contributed by atoms with van der Waals surface area (Å²) in [5.74, 6) is -0.0572. The molecule has 0 radical (unpaired) electrons. The Morgan fingerprint density at radius 1 is 1.24 bits per heavy atom. The zero-order valence-electron chi connectivity index (χ0n) is 13.8. The molecule has 0 saturated carbocycles. The number of carbonyl (C=O) groups is 2. The Hall–Kier alpha value is -2.86. The van der Waals surface area contributed by atoms with Gasteiger partial charge in [0.15, 0.2) is 6.61 Å². The van der Waals surface area contributed by atoms with Crippen LogP contribution in [0.25, 0.3) is 6.08 Å². The van der Waals surface area contributed by atoms with Crippen LogP contribution in [0.2, 0.25) is 0 Å². The molecule has 0 aliphatic heterocycles. The number of thiophene rings is 1. The molecule has 2 amide bonds. The number of hydrogen-bond acceptors (Lipinski definition) is 4. The van der Waals surface area contributed by atoms with Crippen LogP contribution < -0.4 is 10.5 Å². The highest BCUT2D eigenvalue weighted by Gasteiger charge is 2.10. The van der Waals surface area contributed by atoms with Crippen molar-refractivity contribution in [1.82, 2.24) is 4.90 Å². The number of hydrogen-bond donors (Lipinski definition) is 1. The molecule has 25 heavy (non-hydrogen) atoms. The highest BCUT2D eigenvalue weighted by molar-refractivity contribution is 7.09. The van der Waals surface area contributed by atoms with Gasteiger partial charge in [0.05, 0.1) is 6.54 Å². The van der Waals surface area contributed by atoms with Crippen LogP contribution in [0.15, 0.2) is 60.5 Å². The van der Waals surface area contributed by atoms with E-state index >= 15 is 0 Å². The van der Waals surface area contributed by atoms with Crippen LogP contribution in [0.4, 0.5) is 0 Å². The molecule has 1 heterocycles. The number of benzene rings is 1. The Bertz CT molecular complexity index is 737. The zero-order valence-corrected chi connectivity index (χ0v) is 14.6. The van der Waals surface area contributed by atoms with Gasteiger partial charge in [-0.3, -0.25) is 9.59 Å². The number of ether oxygens (including phenoxy) is 1. The molecule has 0 atom stereocenters. The van der Waals surface area contributed by atoms with Gasteiger partial charge in [-0.15, -0.1) is 17.9 Å². The maximum Gasteiger partial charge on any atom is 0.255 e. The van der Waals surface area contributed by atoms with Gasteiger partial charge in [0.1, 0.15) is 5.75 Å². The second kappa shape index (κ2) is 9.44. The number of nitrogens with zero attached hydrogens (tertiary/aromatic N) is 1. The zero-order chi connectivity index (χ0) is 18.1. The van der Waals surface area contributed by atoms with Crippen molar-refractivity contribution in [3.8, 4) is 5.75 Å². The largest absolute Gasteiger partial charge is 0.484 e. The fourth-order valence-corrected chi connectivity index (χ4v) is 2.80. The summed E-state index contributed by atoms with van der Waals surface area (Å²) in [7, 11) is 0. The SMILES string of the molecule is C=CCN(Cc1cccs1)C(=O)/C=C/c1ccc(OCC(N)=O)cc1. The lowest BCUT2D eigenvalue weighted by Gasteiger charge is -2.18. The van der Waals surface area contributed by atoms with Crippen molar-refractivity contribution in [3.63, 3.8) is 0 Å². The first-order valence-corrected chi connectivity index (χ1v) is 8.58. The number of primary amides is 1. The molecule has 0 unspecified atom stereocenters. The van der Waals surface area contributed by atoms with Crippen molar-refractivity contribution < 1.29 is 14.3 Å².